The van der Waals surface area contributed by atoms with Crippen LogP contribution in [-0.2, 0) is 11.3 Å². The van der Waals surface area contributed by atoms with Gasteiger partial charge in [0.1, 0.15) is 6.61 Å². The van der Waals surface area contributed by atoms with Crippen LogP contribution in [0, 0.1) is 6.92 Å². The van der Waals surface area contributed by atoms with Crippen molar-refractivity contribution in [3.05, 3.63) is 27.7 Å². The number of halogens is 2. The van der Waals surface area contributed by atoms with Gasteiger partial charge in [0.15, 0.2) is 17.7 Å². The molecule has 6 nitrogen and oxygen atoms in total. The van der Waals surface area contributed by atoms with E-state index in [0.717, 1.165) is 4.90 Å². The Morgan fingerprint density at radius 2 is 2.10 bits per heavy atom. The Balaban J connectivity index is 2.14. The molecule has 0 unspecified atom stereocenters. The van der Waals surface area contributed by atoms with Gasteiger partial charge in [-0.15, -0.1) is 0 Å². The number of hydrogen-bond donors (Lipinski definition) is 1. The van der Waals surface area contributed by atoms with Gasteiger partial charge in [0.25, 0.3) is 11.8 Å². The summed E-state index contributed by atoms with van der Waals surface area (Å²) in [6, 6.07) is -1.37. The Morgan fingerprint density at radius 3 is 2.76 bits per heavy atom. The van der Waals surface area contributed by atoms with Crippen molar-refractivity contribution in [1.29, 1.82) is 0 Å². The van der Waals surface area contributed by atoms with E-state index in [4.69, 9.17) is 4.74 Å². The summed E-state index contributed by atoms with van der Waals surface area (Å²) in [7, 11) is 0. The molecule has 0 aromatic carbocycles. The Kier molecular flexibility index (Phi) is 2.84. The second-order valence-corrected chi connectivity index (χ2v) is 5.41. The van der Waals surface area contributed by atoms with Crippen LogP contribution in [-0.4, -0.2) is 45.3 Å². The number of carbonyl (C=O) groups is 1. The van der Waals surface area contributed by atoms with Crippen LogP contribution in [0.3, 0.4) is 0 Å². The third-order valence-electron chi connectivity index (χ3n) is 4.03. The number of rotatable bonds is 0. The molecule has 0 saturated carbocycles. The summed E-state index contributed by atoms with van der Waals surface area (Å²) >= 11 is 0. The summed E-state index contributed by atoms with van der Waals surface area (Å²) in [5.74, 6) is -4.71. The molecule has 1 saturated heterocycles. The van der Waals surface area contributed by atoms with Gasteiger partial charge in [-0.3, -0.25) is 9.59 Å². The fourth-order valence-electron chi connectivity index (χ4n) is 2.75. The normalized spacial score (nSPS) is 27.2. The van der Waals surface area contributed by atoms with Crippen molar-refractivity contribution < 1.29 is 23.4 Å². The zero-order valence-corrected chi connectivity index (χ0v) is 11.5. The number of aromatic hydroxyl groups is 1. The second-order valence-electron chi connectivity index (χ2n) is 5.41. The second kappa shape index (κ2) is 4.27. The van der Waals surface area contributed by atoms with Crippen molar-refractivity contribution in [2.24, 2.45) is 0 Å². The Bertz CT molecular complexity index is 685. The van der Waals surface area contributed by atoms with Crippen molar-refractivity contribution >= 4 is 5.91 Å². The minimum Gasteiger partial charge on any atom is -0.503 e. The molecule has 21 heavy (non-hydrogen) atoms. The first-order valence-electron chi connectivity index (χ1n) is 6.49. The number of pyridine rings is 1. The van der Waals surface area contributed by atoms with E-state index in [2.05, 4.69) is 0 Å². The molecule has 0 spiro atoms. The lowest BCUT2D eigenvalue weighted by Gasteiger charge is -2.47. The highest BCUT2D eigenvalue weighted by Crippen LogP contribution is 2.35. The highest BCUT2D eigenvalue weighted by molar-refractivity contribution is 5.96. The van der Waals surface area contributed by atoms with E-state index in [1.165, 1.54) is 24.6 Å². The molecular weight excluding hydrogens is 286 g/mol. The molecule has 1 aromatic rings. The summed E-state index contributed by atoms with van der Waals surface area (Å²) in [6.45, 7) is 2.07. The van der Waals surface area contributed by atoms with Crippen LogP contribution in [0.5, 0.6) is 5.75 Å². The topological polar surface area (TPSA) is 71.8 Å². The van der Waals surface area contributed by atoms with E-state index in [9.17, 15) is 23.5 Å². The number of aromatic nitrogens is 1. The van der Waals surface area contributed by atoms with Gasteiger partial charge >= 0.3 is 0 Å². The van der Waals surface area contributed by atoms with Crippen LogP contribution < -0.4 is 5.43 Å². The molecule has 0 bridgehead atoms. The van der Waals surface area contributed by atoms with Gasteiger partial charge in [0, 0.05) is 11.8 Å². The Morgan fingerprint density at radius 1 is 1.43 bits per heavy atom. The predicted octanol–water partition coefficient (Wildman–Crippen LogP) is 0.698. The number of nitrogens with zero attached hydrogens (tertiary/aromatic N) is 2. The lowest BCUT2D eigenvalue weighted by atomic mass is 10.0. The van der Waals surface area contributed by atoms with Crippen LogP contribution >= 0.6 is 0 Å². The predicted molar refractivity (Wildman–Crippen MR) is 67.4 cm³/mol. The average Bonchev–Trinajstić information content (AvgIpc) is 2.40. The zero-order valence-electron chi connectivity index (χ0n) is 11.5. The lowest BCUT2D eigenvalue weighted by molar-refractivity contribution is -0.224. The van der Waals surface area contributed by atoms with Gasteiger partial charge in [-0.05, 0) is 13.8 Å². The van der Waals surface area contributed by atoms with Crippen molar-refractivity contribution in [1.82, 2.24) is 9.47 Å². The van der Waals surface area contributed by atoms with E-state index >= 15 is 0 Å². The maximum atomic E-state index is 13.7. The van der Waals surface area contributed by atoms with Crippen molar-refractivity contribution in [2.75, 3.05) is 6.61 Å². The Hall–Kier alpha value is -1.96. The summed E-state index contributed by atoms with van der Waals surface area (Å²) in [6.07, 6.45) is 0.592. The van der Waals surface area contributed by atoms with Crippen molar-refractivity contribution in [2.45, 2.75) is 38.6 Å². The monoisotopic (exact) mass is 300 g/mol. The zero-order chi connectivity index (χ0) is 15.5. The van der Waals surface area contributed by atoms with E-state index < -0.39 is 41.9 Å². The first kappa shape index (κ1) is 14.0. The van der Waals surface area contributed by atoms with Crippen LogP contribution in [0.15, 0.2) is 11.0 Å². The van der Waals surface area contributed by atoms with E-state index in [-0.39, 0.29) is 17.8 Å². The lowest BCUT2D eigenvalue weighted by Crippen LogP contribution is -2.64. The number of hydrogen-bond acceptors (Lipinski definition) is 4. The summed E-state index contributed by atoms with van der Waals surface area (Å²) in [4.78, 5) is 25.1. The fourth-order valence-corrected chi connectivity index (χ4v) is 2.75. The van der Waals surface area contributed by atoms with Crippen LogP contribution in [0.4, 0.5) is 8.78 Å². The van der Waals surface area contributed by atoms with E-state index in [0.29, 0.717) is 0 Å². The maximum Gasteiger partial charge on any atom is 0.290 e. The minimum atomic E-state index is -3.17. The number of carbonyl (C=O) groups excluding carboxylic acids is 1. The molecule has 1 fully saturated rings. The van der Waals surface area contributed by atoms with E-state index in [1.807, 2.05) is 0 Å². The van der Waals surface area contributed by atoms with Gasteiger partial charge in [0.2, 0.25) is 5.43 Å². The third kappa shape index (κ3) is 1.85. The molecule has 1 aromatic heterocycles. The largest absolute Gasteiger partial charge is 0.503 e. The van der Waals surface area contributed by atoms with Crippen LogP contribution in [0.2, 0.25) is 0 Å². The summed E-state index contributed by atoms with van der Waals surface area (Å²) < 4.78 is 33.9. The van der Waals surface area contributed by atoms with Gasteiger partial charge in [0.05, 0.1) is 12.6 Å². The molecule has 1 N–H and O–H groups in total. The molecule has 1 amide bonds. The standard InChI is InChI=1S/C13H14F2N2O4/c1-6-3-16-4-8-17(7(2)13(14,15)5-21-8)12(20)9(16)11(19)10(6)18/h3,7-8,19H,4-5H2,1-2H3/t7-,8+/m1/s1. The molecule has 3 heterocycles. The highest BCUT2D eigenvalue weighted by atomic mass is 19.3. The van der Waals surface area contributed by atoms with Crippen molar-refractivity contribution in [3.8, 4) is 5.75 Å². The highest BCUT2D eigenvalue weighted by Gasteiger charge is 2.52. The molecule has 3 rings (SSSR count). The quantitative estimate of drug-likeness (QED) is 0.765. The first-order chi connectivity index (χ1) is 9.74. The number of ether oxygens (including phenoxy) is 1. The van der Waals surface area contributed by atoms with E-state index in [1.54, 1.807) is 0 Å². The fraction of sp³-hybridized carbons (Fsp3) is 0.538. The number of amides is 1. The molecule has 0 radical (unpaired) electrons. The smallest absolute Gasteiger partial charge is 0.290 e. The number of alkyl halides is 2. The van der Waals surface area contributed by atoms with Crippen molar-refractivity contribution in [3.63, 3.8) is 0 Å². The van der Waals surface area contributed by atoms with Gasteiger partial charge in [-0.1, -0.05) is 0 Å². The van der Waals surface area contributed by atoms with Gasteiger partial charge in [-0.2, -0.15) is 0 Å². The summed E-state index contributed by atoms with van der Waals surface area (Å²) in [5, 5.41) is 9.89. The van der Waals surface area contributed by atoms with Gasteiger partial charge < -0.3 is 19.3 Å². The van der Waals surface area contributed by atoms with Crippen LogP contribution in [0.1, 0.15) is 23.0 Å². The average molecular weight is 300 g/mol. The summed E-state index contributed by atoms with van der Waals surface area (Å²) in [5.41, 5.74) is -0.674. The SMILES string of the molecule is Cc1cn2c(c(O)c1=O)C(=O)N1[C@H](C2)OCC(F)(F)[C@H]1C. The molecule has 2 atom stereocenters. The molecule has 2 aliphatic heterocycles. The number of aryl methyl sites for hydroxylation is 1. The molecule has 0 aliphatic carbocycles. The number of fused-ring (bicyclic) bond motifs is 2. The van der Waals surface area contributed by atoms with Gasteiger partial charge in [-0.25, -0.2) is 8.78 Å². The first-order valence-corrected chi connectivity index (χ1v) is 6.49. The van der Waals surface area contributed by atoms with Crippen LogP contribution in [0.25, 0.3) is 0 Å². The third-order valence-corrected chi connectivity index (χ3v) is 4.03. The maximum absolute atomic E-state index is 13.7. The molecule has 2 aliphatic rings. The molecule has 8 heteroatoms. The Labute approximate surface area is 118 Å². The molecule has 114 valence electrons. The molecular formula is C13H14F2N2O4. The minimum absolute atomic E-state index is 0.0934.